The van der Waals surface area contributed by atoms with Crippen molar-refractivity contribution < 1.29 is 10.2 Å². The van der Waals surface area contributed by atoms with Gasteiger partial charge in [-0.3, -0.25) is 0 Å². The van der Waals surface area contributed by atoms with Crippen LogP contribution in [0.2, 0.25) is 0 Å². The molecule has 14 heavy (non-hydrogen) atoms. The van der Waals surface area contributed by atoms with E-state index in [9.17, 15) is 10.2 Å². The summed E-state index contributed by atoms with van der Waals surface area (Å²) in [5, 5.41) is 19.6. The Morgan fingerprint density at radius 2 is 1.64 bits per heavy atom. The predicted octanol–water partition coefficient (Wildman–Crippen LogP) is 2.72. The monoisotopic (exact) mass is 202 g/mol. The first kappa shape index (κ1) is 13.9. The van der Waals surface area contributed by atoms with Gasteiger partial charge in [0.15, 0.2) is 0 Å². The maximum atomic E-state index is 10.00. The van der Waals surface area contributed by atoms with Crippen LogP contribution in [0.1, 0.15) is 59.8 Å². The van der Waals surface area contributed by atoms with Gasteiger partial charge < -0.3 is 10.2 Å². The van der Waals surface area contributed by atoms with E-state index in [0.29, 0.717) is 5.92 Å². The zero-order valence-corrected chi connectivity index (χ0v) is 10.1. The maximum Gasteiger partial charge on any atom is 0.0642 e. The lowest BCUT2D eigenvalue weighted by molar-refractivity contribution is 0.0157. The van der Waals surface area contributed by atoms with Crippen LogP contribution >= 0.6 is 0 Å². The Bertz CT molecular complexity index is 139. The highest BCUT2D eigenvalue weighted by molar-refractivity contribution is 4.75. The third-order valence-electron chi connectivity index (χ3n) is 3.23. The van der Waals surface area contributed by atoms with E-state index in [-0.39, 0.29) is 6.10 Å². The summed E-state index contributed by atoms with van der Waals surface area (Å²) in [4.78, 5) is 0. The zero-order chi connectivity index (χ0) is 11.2. The Labute approximate surface area is 88.3 Å². The minimum atomic E-state index is -0.503. The lowest BCUT2D eigenvalue weighted by Gasteiger charge is -2.25. The first-order valence-electron chi connectivity index (χ1n) is 5.85. The largest absolute Gasteiger partial charge is 0.393 e. The number of hydrogen-bond donors (Lipinski definition) is 2. The molecule has 0 bridgehead atoms. The number of hydrogen-bond acceptors (Lipinski definition) is 2. The second kappa shape index (κ2) is 6.41. The summed E-state index contributed by atoms with van der Waals surface area (Å²) >= 11 is 0. The number of aliphatic hydroxyl groups is 2. The van der Waals surface area contributed by atoms with Crippen molar-refractivity contribution in [2.24, 2.45) is 5.92 Å². The molecule has 0 spiro atoms. The van der Waals surface area contributed by atoms with Crippen molar-refractivity contribution in [2.75, 3.05) is 0 Å². The molecule has 0 saturated heterocycles. The molecule has 0 aliphatic heterocycles. The highest BCUT2D eigenvalue weighted by Crippen LogP contribution is 2.23. The summed E-state index contributed by atoms with van der Waals surface area (Å²) in [5.74, 6) is 0.325. The Morgan fingerprint density at radius 3 is 2.00 bits per heavy atom. The van der Waals surface area contributed by atoms with Gasteiger partial charge in [0.2, 0.25) is 0 Å². The molecule has 2 nitrogen and oxygen atoms in total. The van der Waals surface area contributed by atoms with Crippen molar-refractivity contribution >= 4 is 0 Å². The van der Waals surface area contributed by atoms with Crippen LogP contribution in [-0.2, 0) is 0 Å². The van der Waals surface area contributed by atoms with Gasteiger partial charge in [-0.15, -0.1) is 0 Å². The fourth-order valence-corrected chi connectivity index (χ4v) is 1.58. The van der Waals surface area contributed by atoms with E-state index in [2.05, 4.69) is 0 Å². The Kier molecular flexibility index (Phi) is 6.38. The van der Waals surface area contributed by atoms with Crippen LogP contribution in [0.15, 0.2) is 0 Å². The van der Waals surface area contributed by atoms with Crippen LogP contribution in [0.3, 0.4) is 0 Å². The number of rotatable bonds is 7. The van der Waals surface area contributed by atoms with Gasteiger partial charge in [-0.25, -0.2) is 0 Å². The van der Waals surface area contributed by atoms with Crippen LogP contribution in [0.5, 0.6) is 0 Å². The molecule has 2 N–H and O–H groups in total. The summed E-state index contributed by atoms with van der Waals surface area (Å²) in [6, 6.07) is 0. The molecule has 2 heteroatoms. The zero-order valence-electron chi connectivity index (χ0n) is 10.1. The van der Waals surface area contributed by atoms with E-state index < -0.39 is 5.60 Å². The van der Waals surface area contributed by atoms with E-state index in [1.165, 1.54) is 0 Å². The van der Waals surface area contributed by atoms with Crippen LogP contribution < -0.4 is 0 Å². The van der Waals surface area contributed by atoms with Crippen LogP contribution in [-0.4, -0.2) is 21.9 Å². The van der Waals surface area contributed by atoms with E-state index in [1.54, 1.807) is 0 Å². The molecule has 1 atom stereocenters. The summed E-state index contributed by atoms with van der Waals surface area (Å²) < 4.78 is 0. The molecule has 0 aromatic rings. The quantitative estimate of drug-likeness (QED) is 0.666. The molecule has 0 aliphatic carbocycles. The van der Waals surface area contributed by atoms with Crippen molar-refractivity contribution in [3.8, 4) is 0 Å². The normalized spacial score (nSPS) is 14.8. The molecular weight excluding hydrogens is 176 g/mol. The first-order valence-corrected chi connectivity index (χ1v) is 5.85. The molecular formula is C12H26O2. The lowest BCUT2D eigenvalue weighted by Crippen LogP contribution is -2.27. The standard InChI is InChI=1S/C12H26O2/c1-5-12(14,6-2)9-7-8-11(13)10(3)4/h10-11,13-14H,5-9H2,1-4H3. The second-order valence-electron chi connectivity index (χ2n) is 4.64. The molecule has 0 amide bonds. The molecule has 0 aromatic carbocycles. The average molecular weight is 202 g/mol. The molecule has 0 heterocycles. The summed E-state index contributed by atoms with van der Waals surface area (Å²) in [6.45, 7) is 8.08. The third-order valence-corrected chi connectivity index (χ3v) is 3.23. The minimum absolute atomic E-state index is 0.215. The van der Waals surface area contributed by atoms with Gasteiger partial charge in [0.05, 0.1) is 11.7 Å². The number of aliphatic hydroxyl groups excluding tert-OH is 1. The molecule has 0 radical (unpaired) electrons. The predicted molar refractivity (Wildman–Crippen MR) is 60.2 cm³/mol. The van der Waals surface area contributed by atoms with E-state index >= 15 is 0 Å². The summed E-state index contributed by atoms with van der Waals surface area (Å²) in [5.41, 5.74) is -0.503. The van der Waals surface area contributed by atoms with Crippen molar-refractivity contribution in [3.63, 3.8) is 0 Å². The highest BCUT2D eigenvalue weighted by atomic mass is 16.3. The third kappa shape index (κ3) is 4.97. The minimum Gasteiger partial charge on any atom is -0.393 e. The van der Waals surface area contributed by atoms with Gasteiger partial charge in [-0.2, -0.15) is 0 Å². The lowest BCUT2D eigenvalue weighted by atomic mass is 9.89. The van der Waals surface area contributed by atoms with Gasteiger partial charge in [0.25, 0.3) is 0 Å². The Morgan fingerprint density at radius 1 is 1.14 bits per heavy atom. The van der Waals surface area contributed by atoms with Gasteiger partial charge in [0, 0.05) is 0 Å². The van der Waals surface area contributed by atoms with Crippen LogP contribution in [0.25, 0.3) is 0 Å². The van der Waals surface area contributed by atoms with Crippen LogP contribution in [0.4, 0.5) is 0 Å². The molecule has 0 saturated carbocycles. The van der Waals surface area contributed by atoms with Gasteiger partial charge >= 0.3 is 0 Å². The SMILES string of the molecule is CCC(O)(CC)CCCC(O)C(C)C. The van der Waals surface area contributed by atoms with Crippen molar-refractivity contribution in [2.45, 2.75) is 71.5 Å². The molecule has 86 valence electrons. The molecule has 0 rings (SSSR count). The fourth-order valence-electron chi connectivity index (χ4n) is 1.58. The summed E-state index contributed by atoms with van der Waals surface area (Å²) in [6.07, 6.45) is 3.93. The van der Waals surface area contributed by atoms with Gasteiger partial charge in [-0.1, -0.05) is 27.7 Å². The second-order valence-corrected chi connectivity index (χ2v) is 4.64. The Hall–Kier alpha value is -0.0800. The highest BCUT2D eigenvalue weighted by Gasteiger charge is 2.22. The molecule has 0 aliphatic rings. The molecule has 1 unspecified atom stereocenters. The van der Waals surface area contributed by atoms with E-state index in [1.807, 2.05) is 27.7 Å². The van der Waals surface area contributed by atoms with Crippen molar-refractivity contribution in [1.29, 1.82) is 0 Å². The van der Waals surface area contributed by atoms with Crippen molar-refractivity contribution in [3.05, 3.63) is 0 Å². The van der Waals surface area contributed by atoms with E-state index in [4.69, 9.17) is 0 Å². The van der Waals surface area contributed by atoms with E-state index in [0.717, 1.165) is 32.1 Å². The average Bonchev–Trinajstić information content (AvgIpc) is 2.17. The molecule has 0 fully saturated rings. The van der Waals surface area contributed by atoms with Gasteiger partial charge in [0.1, 0.15) is 0 Å². The molecule has 0 aromatic heterocycles. The van der Waals surface area contributed by atoms with Crippen molar-refractivity contribution in [1.82, 2.24) is 0 Å². The summed E-state index contributed by atoms with van der Waals surface area (Å²) in [7, 11) is 0. The van der Waals surface area contributed by atoms with Gasteiger partial charge in [-0.05, 0) is 38.0 Å². The van der Waals surface area contributed by atoms with Crippen LogP contribution in [0, 0.1) is 5.92 Å². The Balaban J connectivity index is 3.72. The maximum absolute atomic E-state index is 10.00. The first-order chi connectivity index (χ1) is 6.45. The smallest absolute Gasteiger partial charge is 0.0642 e. The fraction of sp³-hybridized carbons (Fsp3) is 1.00. The topological polar surface area (TPSA) is 40.5 Å².